The van der Waals surface area contributed by atoms with Crippen LogP contribution < -0.4 is 10.6 Å². The number of halogens is 1. The molecule has 0 radical (unpaired) electrons. The van der Waals surface area contributed by atoms with E-state index in [0.29, 0.717) is 12.6 Å². The molecule has 1 aromatic rings. The predicted octanol–water partition coefficient (Wildman–Crippen LogP) is 2.95. The molecule has 20 heavy (non-hydrogen) atoms. The van der Waals surface area contributed by atoms with Crippen molar-refractivity contribution in [2.24, 2.45) is 5.92 Å². The average Bonchev–Trinajstić information content (AvgIpc) is 2.90. The lowest BCUT2D eigenvalue weighted by Crippen LogP contribution is -2.45. The largest absolute Gasteiger partial charge is 0.355 e. The van der Waals surface area contributed by atoms with Crippen LogP contribution in [0.2, 0.25) is 0 Å². The quantitative estimate of drug-likeness (QED) is 0.896. The first-order valence-electron chi connectivity index (χ1n) is 7.04. The van der Waals surface area contributed by atoms with Crippen molar-refractivity contribution in [3.63, 3.8) is 0 Å². The molecule has 114 valence electrons. The highest BCUT2D eigenvalue weighted by molar-refractivity contribution is 7.10. The normalized spacial score (nSPS) is 22.9. The summed E-state index contributed by atoms with van der Waals surface area (Å²) < 4.78 is 0. The lowest BCUT2D eigenvalue weighted by Gasteiger charge is -2.29. The first kappa shape index (κ1) is 17.5. The molecule has 1 saturated heterocycles. The van der Waals surface area contributed by atoms with Crippen molar-refractivity contribution >= 4 is 29.7 Å². The fourth-order valence-corrected chi connectivity index (χ4v) is 3.43. The molecule has 0 unspecified atom stereocenters. The van der Waals surface area contributed by atoms with Crippen LogP contribution in [0.1, 0.15) is 38.5 Å². The van der Waals surface area contributed by atoms with Gasteiger partial charge in [0.2, 0.25) is 5.91 Å². The highest BCUT2D eigenvalue weighted by atomic mass is 35.5. The lowest BCUT2D eigenvalue weighted by molar-refractivity contribution is -0.126. The Morgan fingerprint density at radius 3 is 2.90 bits per heavy atom. The van der Waals surface area contributed by atoms with Crippen LogP contribution in [0.5, 0.6) is 0 Å². The van der Waals surface area contributed by atoms with Gasteiger partial charge in [-0.3, -0.25) is 4.79 Å². The number of thiophene rings is 1. The molecule has 2 atom stereocenters. The van der Waals surface area contributed by atoms with Crippen molar-refractivity contribution in [1.82, 2.24) is 10.6 Å². The van der Waals surface area contributed by atoms with Gasteiger partial charge in [0.25, 0.3) is 0 Å². The van der Waals surface area contributed by atoms with Crippen molar-refractivity contribution in [1.29, 1.82) is 0 Å². The van der Waals surface area contributed by atoms with E-state index in [2.05, 4.69) is 48.9 Å². The molecule has 5 heteroatoms. The molecule has 2 heterocycles. The molecule has 1 fully saturated rings. The maximum atomic E-state index is 12.2. The van der Waals surface area contributed by atoms with E-state index in [1.807, 2.05) is 0 Å². The van der Waals surface area contributed by atoms with Crippen LogP contribution >= 0.6 is 23.7 Å². The van der Waals surface area contributed by atoms with E-state index < -0.39 is 0 Å². The minimum absolute atomic E-state index is 0. The van der Waals surface area contributed by atoms with Gasteiger partial charge in [0.05, 0.1) is 0 Å². The number of hydrogen-bond donors (Lipinski definition) is 2. The van der Waals surface area contributed by atoms with E-state index in [0.717, 1.165) is 19.4 Å². The molecule has 1 aliphatic rings. The number of amides is 1. The summed E-state index contributed by atoms with van der Waals surface area (Å²) in [5, 5.41) is 8.62. The third-order valence-electron chi connectivity index (χ3n) is 3.89. The Balaban J connectivity index is 0.00000200. The Hall–Kier alpha value is -0.580. The van der Waals surface area contributed by atoms with Crippen LogP contribution in [-0.2, 0) is 10.2 Å². The van der Waals surface area contributed by atoms with Crippen molar-refractivity contribution in [3.8, 4) is 0 Å². The van der Waals surface area contributed by atoms with Gasteiger partial charge in [-0.1, -0.05) is 19.9 Å². The third-order valence-corrected chi connectivity index (χ3v) is 5.12. The predicted molar refractivity (Wildman–Crippen MR) is 87.8 cm³/mol. The standard InChI is InChI=1S/C15H24N2OS.ClH/c1-11-9-12(6-7-16-11)14(18)17-10-15(2,3)13-5-4-8-19-13;/h4-5,8,11-12,16H,6-7,9-10H2,1-3H3,(H,17,18);1H/t11-,12-;/m0./s1. The van der Waals surface area contributed by atoms with Gasteiger partial charge in [-0.05, 0) is 37.8 Å². The SMILES string of the molecule is C[C@H]1C[C@@H](C(=O)NCC(C)(C)c2cccs2)CCN1.Cl. The molecule has 1 aliphatic heterocycles. The van der Waals surface area contributed by atoms with Crippen LogP contribution in [0.3, 0.4) is 0 Å². The summed E-state index contributed by atoms with van der Waals surface area (Å²) in [5.74, 6) is 0.397. The zero-order valence-electron chi connectivity index (χ0n) is 12.4. The molecule has 3 nitrogen and oxygen atoms in total. The molecular formula is C15H25ClN2OS. The van der Waals surface area contributed by atoms with Crippen molar-refractivity contribution in [3.05, 3.63) is 22.4 Å². The molecule has 1 amide bonds. The van der Waals surface area contributed by atoms with Crippen molar-refractivity contribution in [2.45, 2.75) is 45.1 Å². The number of hydrogen-bond acceptors (Lipinski definition) is 3. The third kappa shape index (κ3) is 4.47. The summed E-state index contributed by atoms with van der Waals surface area (Å²) in [4.78, 5) is 13.5. The topological polar surface area (TPSA) is 41.1 Å². The van der Waals surface area contributed by atoms with E-state index >= 15 is 0 Å². The number of carbonyl (C=O) groups is 1. The molecule has 2 rings (SSSR count). The van der Waals surface area contributed by atoms with Gasteiger partial charge in [-0.25, -0.2) is 0 Å². The van der Waals surface area contributed by atoms with Gasteiger partial charge >= 0.3 is 0 Å². The number of rotatable bonds is 4. The average molecular weight is 317 g/mol. The van der Waals surface area contributed by atoms with E-state index in [1.165, 1.54) is 4.88 Å². The molecule has 0 spiro atoms. The van der Waals surface area contributed by atoms with Gasteiger partial charge in [0, 0.05) is 28.8 Å². The summed E-state index contributed by atoms with van der Waals surface area (Å²) >= 11 is 1.76. The molecule has 1 aromatic heterocycles. The van der Waals surface area contributed by atoms with Gasteiger partial charge in [0.15, 0.2) is 0 Å². The monoisotopic (exact) mass is 316 g/mol. The summed E-state index contributed by atoms with van der Waals surface area (Å²) in [6, 6.07) is 4.66. The number of nitrogens with one attached hydrogen (secondary N) is 2. The Morgan fingerprint density at radius 1 is 1.55 bits per heavy atom. The Labute approximate surface area is 131 Å². The van der Waals surface area contributed by atoms with Crippen LogP contribution in [0.15, 0.2) is 17.5 Å². The maximum absolute atomic E-state index is 12.2. The lowest BCUT2D eigenvalue weighted by atomic mass is 9.89. The minimum Gasteiger partial charge on any atom is -0.355 e. The smallest absolute Gasteiger partial charge is 0.223 e. The molecule has 0 bridgehead atoms. The van der Waals surface area contributed by atoms with Gasteiger partial charge < -0.3 is 10.6 Å². The molecule has 0 aromatic carbocycles. The summed E-state index contributed by atoms with van der Waals surface area (Å²) in [6.07, 6.45) is 1.90. The first-order valence-corrected chi connectivity index (χ1v) is 7.92. The minimum atomic E-state index is 0. The van der Waals surface area contributed by atoms with Gasteiger partial charge in [-0.15, -0.1) is 23.7 Å². The summed E-state index contributed by atoms with van der Waals surface area (Å²) in [6.45, 7) is 8.18. The fourth-order valence-electron chi connectivity index (χ4n) is 2.57. The summed E-state index contributed by atoms with van der Waals surface area (Å²) in [7, 11) is 0. The second-order valence-corrected chi connectivity index (χ2v) is 7.10. The second-order valence-electron chi connectivity index (χ2n) is 6.16. The Kier molecular flexibility index (Phi) is 6.49. The zero-order chi connectivity index (χ0) is 13.9. The molecular weight excluding hydrogens is 292 g/mol. The van der Waals surface area contributed by atoms with Crippen LogP contribution in [0, 0.1) is 5.92 Å². The van der Waals surface area contributed by atoms with Gasteiger partial charge in [-0.2, -0.15) is 0 Å². The van der Waals surface area contributed by atoms with E-state index in [-0.39, 0.29) is 29.6 Å². The molecule has 2 N–H and O–H groups in total. The highest BCUT2D eigenvalue weighted by Gasteiger charge is 2.27. The van der Waals surface area contributed by atoms with Crippen LogP contribution in [-0.4, -0.2) is 25.0 Å². The fraction of sp³-hybridized carbons (Fsp3) is 0.667. The van der Waals surface area contributed by atoms with Crippen molar-refractivity contribution < 1.29 is 4.79 Å². The van der Waals surface area contributed by atoms with Crippen molar-refractivity contribution in [2.75, 3.05) is 13.1 Å². The first-order chi connectivity index (χ1) is 8.99. The summed E-state index contributed by atoms with van der Waals surface area (Å²) in [5.41, 5.74) is 0.0162. The highest BCUT2D eigenvalue weighted by Crippen LogP contribution is 2.27. The Bertz CT molecular complexity index is 420. The zero-order valence-corrected chi connectivity index (χ0v) is 14.1. The number of piperidine rings is 1. The number of carbonyl (C=O) groups excluding carboxylic acids is 1. The molecule has 0 aliphatic carbocycles. The maximum Gasteiger partial charge on any atom is 0.223 e. The van der Waals surface area contributed by atoms with E-state index in [1.54, 1.807) is 11.3 Å². The second kappa shape index (κ2) is 7.43. The van der Waals surface area contributed by atoms with Crippen LogP contribution in [0.25, 0.3) is 0 Å². The van der Waals surface area contributed by atoms with Gasteiger partial charge in [0.1, 0.15) is 0 Å². The van der Waals surface area contributed by atoms with E-state index in [9.17, 15) is 4.79 Å². The van der Waals surface area contributed by atoms with Crippen LogP contribution in [0.4, 0.5) is 0 Å². The molecule has 0 saturated carbocycles. The van der Waals surface area contributed by atoms with E-state index in [4.69, 9.17) is 0 Å². The Morgan fingerprint density at radius 2 is 2.30 bits per heavy atom.